The van der Waals surface area contributed by atoms with Gasteiger partial charge in [0.1, 0.15) is 0 Å². The molecule has 1 heterocycles. The van der Waals surface area contributed by atoms with Crippen molar-refractivity contribution in [2.45, 2.75) is 5.16 Å². The van der Waals surface area contributed by atoms with E-state index in [2.05, 4.69) is 15.5 Å². The molecule has 1 aromatic carbocycles. The topological polar surface area (TPSA) is 43.6 Å². The van der Waals surface area contributed by atoms with Crippen LogP contribution in [-0.4, -0.2) is 20.2 Å². The summed E-state index contributed by atoms with van der Waals surface area (Å²) in [5.74, 6) is 0. The van der Waals surface area contributed by atoms with Crippen LogP contribution in [0.3, 0.4) is 0 Å². The smallest absolute Gasteiger partial charge is 0.738 e. The molecule has 6 heteroatoms. The zero-order valence-electron chi connectivity index (χ0n) is 7.08. The van der Waals surface area contributed by atoms with Crippen LogP contribution in [0.5, 0.6) is 0 Å². The molecule has 0 aliphatic heterocycles. The van der Waals surface area contributed by atoms with Crippen molar-refractivity contribution in [3.63, 3.8) is 0 Å². The predicted molar refractivity (Wildman–Crippen MR) is 44.8 cm³/mol. The minimum Gasteiger partial charge on any atom is -0.738 e. The predicted octanol–water partition coefficient (Wildman–Crippen LogP) is -2.43. The summed E-state index contributed by atoms with van der Waals surface area (Å²) >= 11 is 4.89. The molecule has 0 saturated heterocycles. The van der Waals surface area contributed by atoms with Gasteiger partial charge in [-0.3, -0.25) is 0 Å². The molecule has 0 spiro atoms. The van der Waals surface area contributed by atoms with Crippen molar-refractivity contribution >= 4 is 12.6 Å². The molecule has 0 saturated carbocycles. The summed E-state index contributed by atoms with van der Waals surface area (Å²) in [6.45, 7) is 0. The van der Waals surface area contributed by atoms with Gasteiger partial charge in [0.2, 0.25) is 0 Å². The molecule has 0 amide bonds. The third-order valence-corrected chi connectivity index (χ3v) is 1.70. The first-order valence-electron chi connectivity index (χ1n) is 3.39. The number of benzene rings is 1. The third-order valence-electron chi connectivity index (χ3n) is 1.44. The average Bonchev–Trinajstić information content (AvgIpc) is 2.53. The standard InChI is InChI=1S/C7H6N4S.Li/c12-7-8-9-10-11(7)6-4-2-1-3-5-6;/h1-5H,(H,8,10,12);/q;+1/p-1. The Bertz CT molecular complexity index is 375. The molecule has 0 unspecified atom stereocenters. The van der Waals surface area contributed by atoms with Gasteiger partial charge in [-0.2, -0.15) is 0 Å². The first kappa shape index (κ1) is 10.2. The largest absolute Gasteiger partial charge is 1.00 e. The van der Waals surface area contributed by atoms with Gasteiger partial charge < -0.3 is 12.6 Å². The second kappa shape index (κ2) is 4.37. The third kappa shape index (κ3) is 2.07. The van der Waals surface area contributed by atoms with Crippen LogP contribution in [0.1, 0.15) is 0 Å². The van der Waals surface area contributed by atoms with Gasteiger partial charge in [-0.25, -0.2) is 4.68 Å². The van der Waals surface area contributed by atoms with Crippen molar-refractivity contribution in [1.82, 2.24) is 20.2 Å². The summed E-state index contributed by atoms with van der Waals surface area (Å²) in [4.78, 5) is 0. The van der Waals surface area contributed by atoms with Crippen LogP contribution in [0.25, 0.3) is 5.69 Å². The summed E-state index contributed by atoms with van der Waals surface area (Å²) in [6.07, 6.45) is 0. The molecule has 1 aromatic heterocycles. The van der Waals surface area contributed by atoms with Crippen molar-refractivity contribution in [3.05, 3.63) is 30.3 Å². The van der Waals surface area contributed by atoms with Crippen molar-refractivity contribution in [3.8, 4) is 5.69 Å². The van der Waals surface area contributed by atoms with Crippen LogP contribution in [0.4, 0.5) is 0 Å². The van der Waals surface area contributed by atoms with E-state index in [9.17, 15) is 0 Å². The second-order valence-corrected chi connectivity index (χ2v) is 2.57. The Morgan fingerprint density at radius 2 is 1.85 bits per heavy atom. The van der Waals surface area contributed by atoms with Gasteiger partial charge in [0.15, 0.2) is 0 Å². The molecule has 0 radical (unpaired) electrons. The van der Waals surface area contributed by atoms with Crippen LogP contribution in [0, 0.1) is 0 Å². The number of rotatable bonds is 1. The number of para-hydroxylation sites is 1. The van der Waals surface area contributed by atoms with E-state index >= 15 is 0 Å². The van der Waals surface area contributed by atoms with Crippen molar-refractivity contribution in [1.29, 1.82) is 0 Å². The van der Waals surface area contributed by atoms with Gasteiger partial charge in [0.05, 0.1) is 5.69 Å². The quantitative estimate of drug-likeness (QED) is 0.365. The Labute approximate surface area is 92.9 Å². The van der Waals surface area contributed by atoms with Crippen molar-refractivity contribution in [2.24, 2.45) is 0 Å². The minimum absolute atomic E-state index is 0. The molecule has 0 N–H and O–H groups in total. The number of nitrogens with zero attached hydrogens (tertiary/aromatic N) is 4. The first-order valence-corrected chi connectivity index (χ1v) is 3.79. The van der Waals surface area contributed by atoms with Gasteiger partial charge in [-0.15, -0.1) is 5.10 Å². The summed E-state index contributed by atoms with van der Waals surface area (Å²) < 4.78 is 1.51. The minimum atomic E-state index is 0. The first-order chi connectivity index (χ1) is 5.88. The molecule has 0 atom stereocenters. The summed E-state index contributed by atoms with van der Waals surface area (Å²) in [7, 11) is 0. The Kier molecular flexibility index (Phi) is 3.43. The molecule has 0 bridgehead atoms. The molecule has 0 fully saturated rings. The van der Waals surface area contributed by atoms with Gasteiger partial charge in [0, 0.05) is 5.16 Å². The fourth-order valence-corrected chi connectivity index (χ4v) is 1.09. The zero-order valence-corrected chi connectivity index (χ0v) is 7.90. The summed E-state index contributed by atoms with van der Waals surface area (Å²) in [5, 5.41) is 11.2. The molecular formula is C7H5LiN4S. The molecule has 4 nitrogen and oxygen atoms in total. The van der Waals surface area contributed by atoms with Crippen LogP contribution in [0.15, 0.2) is 35.5 Å². The number of hydrogen-bond acceptors (Lipinski definition) is 4. The van der Waals surface area contributed by atoms with Crippen LogP contribution in [-0.2, 0) is 12.6 Å². The monoisotopic (exact) mass is 184 g/mol. The average molecular weight is 184 g/mol. The van der Waals surface area contributed by atoms with E-state index in [-0.39, 0.29) is 18.9 Å². The number of tetrazole rings is 1. The van der Waals surface area contributed by atoms with E-state index in [4.69, 9.17) is 12.6 Å². The van der Waals surface area contributed by atoms with E-state index in [1.807, 2.05) is 30.3 Å². The normalized spacial score (nSPS) is 9.23. The van der Waals surface area contributed by atoms with E-state index in [1.54, 1.807) is 0 Å². The fraction of sp³-hybridized carbons (Fsp3) is 0. The molecular weight excluding hydrogens is 179 g/mol. The SMILES string of the molecule is [Li+].[S-]c1nnnn1-c1ccccc1. The Morgan fingerprint density at radius 1 is 1.15 bits per heavy atom. The van der Waals surface area contributed by atoms with E-state index < -0.39 is 0 Å². The maximum atomic E-state index is 4.89. The Hall–Kier alpha value is -0.893. The van der Waals surface area contributed by atoms with Crippen LogP contribution in [0.2, 0.25) is 0 Å². The molecule has 60 valence electrons. The van der Waals surface area contributed by atoms with Gasteiger partial charge in [-0.1, -0.05) is 18.2 Å². The van der Waals surface area contributed by atoms with Crippen molar-refractivity contribution in [2.75, 3.05) is 0 Å². The molecule has 2 rings (SSSR count). The van der Waals surface area contributed by atoms with Crippen LogP contribution >= 0.6 is 0 Å². The fourth-order valence-electron chi connectivity index (χ4n) is 0.910. The van der Waals surface area contributed by atoms with Gasteiger partial charge in [-0.05, 0) is 22.6 Å². The van der Waals surface area contributed by atoms with E-state index in [1.165, 1.54) is 4.68 Å². The van der Waals surface area contributed by atoms with Gasteiger partial charge in [0.25, 0.3) is 0 Å². The summed E-state index contributed by atoms with van der Waals surface area (Å²) in [5.41, 5.74) is 0.882. The number of aromatic nitrogens is 4. The van der Waals surface area contributed by atoms with E-state index in [0.29, 0.717) is 5.16 Å². The van der Waals surface area contributed by atoms with Crippen molar-refractivity contribution < 1.29 is 18.9 Å². The molecule has 0 aliphatic rings. The maximum Gasteiger partial charge on any atom is 1.00 e. The zero-order chi connectivity index (χ0) is 8.39. The van der Waals surface area contributed by atoms with E-state index in [0.717, 1.165) is 5.69 Å². The van der Waals surface area contributed by atoms with Gasteiger partial charge >= 0.3 is 18.9 Å². The number of hydrogen-bond donors (Lipinski definition) is 0. The molecule has 2 aromatic rings. The second-order valence-electron chi connectivity index (χ2n) is 2.21. The Balaban J connectivity index is 0.000000845. The Morgan fingerprint density at radius 3 is 2.38 bits per heavy atom. The molecule has 0 aliphatic carbocycles. The molecule has 13 heavy (non-hydrogen) atoms. The summed E-state index contributed by atoms with van der Waals surface area (Å²) in [6, 6.07) is 9.53. The van der Waals surface area contributed by atoms with Crippen LogP contribution < -0.4 is 18.9 Å². The maximum absolute atomic E-state index is 4.89.